The van der Waals surface area contributed by atoms with Gasteiger partial charge in [-0.1, -0.05) is 0 Å². The minimum Gasteiger partial charge on any atom is -0.347 e. The molecule has 5 heteroatoms. The number of H-pyrrole nitrogens is 1. The van der Waals surface area contributed by atoms with Gasteiger partial charge in [-0.3, -0.25) is 14.9 Å². The summed E-state index contributed by atoms with van der Waals surface area (Å²) in [6, 6.07) is 0.390. The Kier molecular flexibility index (Phi) is 3.06. The van der Waals surface area contributed by atoms with Gasteiger partial charge in [-0.25, -0.2) is 4.98 Å². The third kappa shape index (κ3) is 2.26. The van der Waals surface area contributed by atoms with Crippen molar-refractivity contribution in [3.05, 3.63) is 42.0 Å². The number of aromatic amines is 1. The van der Waals surface area contributed by atoms with E-state index in [2.05, 4.69) is 24.8 Å². The van der Waals surface area contributed by atoms with Crippen LogP contribution < -0.4 is 0 Å². The first-order valence-electron chi connectivity index (χ1n) is 6.33. The second kappa shape index (κ2) is 4.86. The Morgan fingerprint density at radius 3 is 3.06 bits per heavy atom. The summed E-state index contributed by atoms with van der Waals surface area (Å²) in [4.78, 5) is 18.5. The molecule has 0 saturated carbocycles. The highest BCUT2D eigenvalue weighted by atomic mass is 15.2. The molecule has 1 aliphatic rings. The summed E-state index contributed by atoms with van der Waals surface area (Å²) in [6.45, 7) is 4.00. The number of aryl methyl sites for hydroxylation is 1. The predicted octanol–water partition coefficient (Wildman–Crippen LogP) is 1.85. The molecule has 0 amide bonds. The smallest absolute Gasteiger partial charge is 0.0922 e. The van der Waals surface area contributed by atoms with Crippen LogP contribution in [0.1, 0.15) is 36.0 Å². The standard InChI is InChI=1S/C13H17N5/c1-10-5-14-7-12(17-10)13-3-2-4-18(13)8-11-6-15-9-16-11/h5-7,9,13H,2-4,8H2,1H3,(H,15,16)/t13-/m1/s1. The Hall–Kier alpha value is -1.75. The number of aromatic nitrogens is 4. The predicted molar refractivity (Wildman–Crippen MR) is 67.7 cm³/mol. The van der Waals surface area contributed by atoms with Crippen molar-refractivity contribution in [3.63, 3.8) is 0 Å². The molecule has 94 valence electrons. The molecule has 1 saturated heterocycles. The lowest BCUT2D eigenvalue weighted by atomic mass is 10.1. The Morgan fingerprint density at radius 1 is 1.33 bits per heavy atom. The second-order valence-corrected chi connectivity index (χ2v) is 4.79. The van der Waals surface area contributed by atoms with Gasteiger partial charge in [0, 0.05) is 30.8 Å². The zero-order valence-electron chi connectivity index (χ0n) is 10.5. The highest BCUT2D eigenvalue weighted by Crippen LogP contribution is 2.31. The first-order chi connectivity index (χ1) is 8.83. The molecule has 1 atom stereocenters. The highest BCUT2D eigenvalue weighted by Gasteiger charge is 2.27. The molecule has 3 heterocycles. The van der Waals surface area contributed by atoms with Crippen LogP contribution in [0.25, 0.3) is 0 Å². The van der Waals surface area contributed by atoms with E-state index in [0.717, 1.165) is 36.6 Å². The number of imidazole rings is 1. The molecule has 1 N–H and O–H groups in total. The SMILES string of the molecule is Cc1cncc([C@H]2CCCN2Cc2cnc[nH]2)n1. The molecule has 2 aromatic rings. The molecule has 5 nitrogen and oxygen atoms in total. The van der Waals surface area contributed by atoms with Crippen molar-refractivity contribution in [2.75, 3.05) is 6.54 Å². The molecule has 0 bridgehead atoms. The third-order valence-corrected chi connectivity index (χ3v) is 3.41. The maximum Gasteiger partial charge on any atom is 0.0922 e. The zero-order chi connectivity index (χ0) is 12.4. The van der Waals surface area contributed by atoms with E-state index in [1.807, 2.05) is 19.3 Å². The van der Waals surface area contributed by atoms with Gasteiger partial charge in [0.15, 0.2) is 0 Å². The van der Waals surface area contributed by atoms with Crippen LogP contribution >= 0.6 is 0 Å². The Morgan fingerprint density at radius 2 is 2.28 bits per heavy atom. The molecule has 1 fully saturated rings. The molecule has 0 aromatic carbocycles. The van der Waals surface area contributed by atoms with Gasteiger partial charge in [0.05, 0.1) is 23.8 Å². The van der Waals surface area contributed by atoms with Crippen molar-refractivity contribution in [1.82, 2.24) is 24.8 Å². The number of rotatable bonds is 3. The van der Waals surface area contributed by atoms with Crippen LogP contribution in [0, 0.1) is 6.92 Å². The van der Waals surface area contributed by atoms with Crippen molar-refractivity contribution in [3.8, 4) is 0 Å². The van der Waals surface area contributed by atoms with Crippen LogP contribution in [0.15, 0.2) is 24.9 Å². The fourth-order valence-corrected chi connectivity index (χ4v) is 2.58. The van der Waals surface area contributed by atoms with E-state index in [9.17, 15) is 0 Å². The molecule has 1 aliphatic heterocycles. The van der Waals surface area contributed by atoms with Crippen molar-refractivity contribution >= 4 is 0 Å². The lowest BCUT2D eigenvalue weighted by Crippen LogP contribution is -2.23. The van der Waals surface area contributed by atoms with Crippen LogP contribution in [-0.4, -0.2) is 31.4 Å². The molecule has 0 radical (unpaired) electrons. The van der Waals surface area contributed by atoms with Gasteiger partial charge in [-0.2, -0.15) is 0 Å². The van der Waals surface area contributed by atoms with Gasteiger partial charge < -0.3 is 4.98 Å². The van der Waals surface area contributed by atoms with E-state index in [1.54, 1.807) is 12.5 Å². The molecule has 18 heavy (non-hydrogen) atoms. The van der Waals surface area contributed by atoms with Gasteiger partial charge in [-0.05, 0) is 26.3 Å². The van der Waals surface area contributed by atoms with Crippen molar-refractivity contribution in [1.29, 1.82) is 0 Å². The monoisotopic (exact) mass is 243 g/mol. The van der Waals surface area contributed by atoms with E-state index in [4.69, 9.17) is 0 Å². The van der Waals surface area contributed by atoms with Crippen molar-refractivity contribution in [2.45, 2.75) is 32.4 Å². The summed E-state index contributed by atoms with van der Waals surface area (Å²) in [6.07, 6.45) is 9.69. The average Bonchev–Trinajstić information content (AvgIpc) is 3.01. The summed E-state index contributed by atoms with van der Waals surface area (Å²) >= 11 is 0. The van der Waals surface area contributed by atoms with E-state index < -0.39 is 0 Å². The number of hydrogen-bond acceptors (Lipinski definition) is 4. The fraction of sp³-hybridized carbons (Fsp3) is 0.462. The molecular weight excluding hydrogens is 226 g/mol. The average molecular weight is 243 g/mol. The van der Waals surface area contributed by atoms with Gasteiger partial charge in [-0.15, -0.1) is 0 Å². The molecule has 0 unspecified atom stereocenters. The lowest BCUT2D eigenvalue weighted by molar-refractivity contribution is 0.241. The lowest BCUT2D eigenvalue weighted by Gasteiger charge is -2.23. The van der Waals surface area contributed by atoms with E-state index in [-0.39, 0.29) is 0 Å². The topological polar surface area (TPSA) is 57.7 Å². The van der Waals surface area contributed by atoms with Crippen molar-refractivity contribution in [2.24, 2.45) is 0 Å². The molecule has 0 aliphatic carbocycles. The Bertz CT molecular complexity index is 508. The van der Waals surface area contributed by atoms with Crippen LogP contribution in [0.4, 0.5) is 0 Å². The number of nitrogens with one attached hydrogen (secondary N) is 1. The van der Waals surface area contributed by atoms with Gasteiger partial charge >= 0.3 is 0 Å². The summed E-state index contributed by atoms with van der Waals surface area (Å²) in [5.41, 5.74) is 3.23. The van der Waals surface area contributed by atoms with Gasteiger partial charge in [0.2, 0.25) is 0 Å². The normalized spacial score (nSPS) is 20.4. The molecule has 2 aromatic heterocycles. The van der Waals surface area contributed by atoms with E-state index >= 15 is 0 Å². The molecule has 3 rings (SSSR count). The van der Waals surface area contributed by atoms with E-state index in [0.29, 0.717) is 6.04 Å². The fourth-order valence-electron chi connectivity index (χ4n) is 2.58. The minimum absolute atomic E-state index is 0.390. The zero-order valence-corrected chi connectivity index (χ0v) is 10.5. The quantitative estimate of drug-likeness (QED) is 0.893. The van der Waals surface area contributed by atoms with Gasteiger partial charge in [0.25, 0.3) is 0 Å². The summed E-state index contributed by atoms with van der Waals surface area (Å²) in [5, 5.41) is 0. The van der Waals surface area contributed by atoms with Gasteiger partial charge in [0.1, 0.15) is 0 Å². The summed E-state index contributed by atoms with van der Waals surface area (Å²) in [7, 11) is 0. The molecular formula is C13H17N5. The van der Waals surface area contributed by atoms with E-state index in [1.165, 1.54) is 6.42 Å². The first kappa shape index (κ1) is 11.3. The highest BCUT2D eigenvalue weighted by molar-refractivity contribution is 5.09. The van der Waals surface area contributed by atoms with Crippen LogP contribution in [0.2, 0.25) is 0 Å². The minimum atomic E-state index is 0.390. The number of nitrogens with zero attached hydrogens (tertiary/aromatic N) is 4. The number of likely N-dealkylation sites (tertiary alicyclic amines) is 1. The molecule has 0 spiro atoms. The maximum atomic E-state index is 4.60. The Balaban J connectivity index is 1.79. The van der Waals surface area contributed by atoms with Crippen LogP contribution in [0.3, 0.4) is 0 Å². The first-order valence-corrected chi connectivity index (χ1v) is 6.33. The van der Waals surface area contributed by atoms with Crippen LogP contribution in [-0.2, 0) is 6.54 Å². The van der Waals surface area contributed by atoms with Crippen molar-refractivity contribution < 1.29 is 0 Å². The Labute approximate surface area is 106 Å². The summed E-state index contributed by atoms with van der Waals surface area (Å²) in [5.74, 6) is 0. The third-order valence-electron chi connectivity index (χ3n) is 3.41. The summed E-state index contributed by atoms with van der Waals surface area (Å²) < 4.78 is 0. The maximum absolute atomic E-state index is 4.60. The largest absolute Gasteiger partial charge is 0.347 e. The van der Waals surface area contributed by atoms with Crippen LogP contribution in [0.5, 0.6) is 0 Å². The number of hydrogen-bond donors (Lipinski definition) is 1. The second-order valence-electron chi connectivity index (χ2n) is 4.79.